The van der Waals surface area contributed by atoms with Crippen LogP contribution in [0.3, 0.4) is 0 Å². The molecule has 78 valence electrons. The Kier molecular flexibility index (Phi) is 1.76. The number of nitrogens with zero attached hydrogens (tertiary/aromatic N) is 1. The number of halogens is 1. The molecule has 3 rings (SSSR count). The maximum atomic E-state index is 13.9. The molecule has 0 radical (unpaired) electrons. The lowest BCUT2D eigenvalue weighted by molar-refractivity contribution is 0.540. The molecule has 1 spiro atoms. The molecular weight excluding hydrogens is 189 g/mol. The molecule has 0 aromatic heterocycles. The van der Waals surface area contributed by atoms with Gasteiger partial charge in [-0.2, -0.15) is 0 Å². The summed E-state index contributed by atoms with van der Waals surface area (Å²) in [5.41, 5.74) is 2.77. The van der Waals surface area contributed by atoms with Crippen LogP contribution in [-0.2, 0) is 5.41 Å². The summed E-state index contributed by atoms with van der Waals surface area (Å²) in [5, 5.41) is 0. The number of hydrogen-bond donors (Lipinski definition) is 0. The zero-order valence-corrected chi connectivity index (χ0v) is 8.89. The molecule has 1 nitrogen and oxygen atoms in total. The van der Waals surface area contributed by atoms with Crippen molar-refractivity contribution < 1.29 is 4.39 Å². The maximum absolute atomic E-state index is 13.9. The minimum atomic E-state index is -0.0741. The van der Waals surface area contributed by atoms with E-state index in [-0.39, 0.29) is 11.2 Å². The van der Waals surface area contributed by atoms with Crippen LogP contribution < -0.4 is 0 Å². The Morgan fingerprint density at radius 1 is 1.27 bits per heavy atom. The van der Waals surface area contributed by atoms with Crippen LogP contribution in [0.5, 0.6) is 0 Å². The molecule has 1 fully saturated rings. The molecule has 2 heteroatoms. The van der Waals surface area contributed by atoms with E-state index in [1.165, 1.54) is 12.8 Å². The highest BCUT2D eigenvalue weighted by molar-refractivity contribution is 6.00. The van der Waals surface area contributed by atoms with Crippen LogP contribution in [0, 0.1) is 5.82 Å². The number of aliphatic imine (C=N–C) groups is 1. The standard InChI is InChI=1S/C13H14FN/c1-9-13(7-2-3-8-13)12-10(14)5-4-6-11(12)15-9/h4-6H,2-3,7-8H2,1H3. The summed E-state index contributed by atoms with van der Waals surface area (Å²) >= 11 is 0. The van der Waals surface area contributed by atoms with Crippen molar-refractivity contribution in [2.24, 2.45) is 4.99 Å². The quantitative estimate of drug-likeness (QED) is 0.609. The summed E-state index contributed by atoms with van der Waals surface area (Å²) in [6, 6.07) is 5.24. The average molecular weight is 203 g/mol. The number of hydrogen-bond acceptors (Lipinski definition) is 1. The summed E-state index contributed by atoms with van der Waals surface area (Å²) in [5.74, 6) is -0.0741. The van der Waals surface area contributed by atoms with E-state index in [1.807, 2.05) is 13.0 Å². The number of rotatable bonds is 0. The summed E-state index contributed by atoms with van der Waals surface area (Å²) in [6.45, 7) is 2.05. The third-order valence-electron chi connectivity index (χ3n) is 3.91. The van der Waals surface area contributed by atoms with Gasteiger partial charge < -0.3 is 0 Å². The minimum Gasteiger partial charge on any atom is -0.257 e. The number of benzene rings is 1. The first-order valence-electron chi connectivity index (χ1n) is 5.59. The van der Waals surface area contributed by atoms with Crippen molar-refractivity contribution in [1.82, 2.24) is 0 Å². The van der Waals surface area contributed by atoms with E-state index in [9.17, 15) is 4.39 Å². The molecule has 1 aromatic carbocycles. The SMILES string of the molecule is CC1=Nc2cccc(F)c2C12CCCC2. The molecule has 0 atom stereocenters. The third kappa shape index (κ3) is 1.05. The molecule has 1 aliphatic carbocycles. The van der Waals surface area contributed by atoms with Crippen molar-refractivity contribution in [1.29, 1.82) is 0 Å². The van der Waals surface area contributed by atoms with Gasteiger partial charge >= 0.3 is 0 Å². The molecule has 1 aliphatic heterocycles. The minimum absolute atomic E-state index is 0.0549. The Labute approximate surface area is 89.0 Å². The topological polar surface area (TPSA) is 12.4 Å². The fourth-order valence-electron chi connectivity index (χ4n) is 3.14. The Bertz CT molecular complexity index is 442. The highest BCUT2D eigenvalue weighted by Crippen LogP contribution is 2.50. The molecule has 1 saturated carbocycles. The van der Waals surface area contributed by atoms with E-state index in [2.05, 4.69) is 4.99 Å². The Hall–Kier alpha value is -1.18. The lowest BCUT2D eigenvalue weighted by atomic mass is 9.76. The molecule has 0 N–H and O–H groups in total. The average Bonchev–Trinajstić information content (AvgIpc) is 2.77. The fraction of sp³-hybridized carbons (Fsp3) is 0.462. The summed E-state index contributed by atoms with van der Waals surface area (Å²) in [7, 11) is 0. The van der Waals surface area contributed by atoms with Crippen molar-refractivity contribution in [3.8, 4) is 0 Å². The highest BCUT2D eigenvalue weighted by atomic mass is 19.1. The zero-order valence-electron chi connectivity index (χ0n) is 8.89. The molecule has 1 aromatic rings. The van der Waals surface area contributed by atoms with Crippen molar-refractivity contribution in [3.05, 3.63) is 29.6 Å². The van der Waals surface area contributed by atoms with Gasteiger partial charge in [0.25, 0.3) is 0 Å². The van der Waals surface area contributed by atoms with Gasteiger partial charge in [0.15, 0.2) is 0 Å². The summed E-state index contributed by atoms with van der Waals surface area (Å²) < 4.78 is 13.9. The van der Waals surface area contributed by atoms with E-state index in [0.29, 0.717) is 0 Å². The lowest BCUT2D eigenvalue weighted by Crippen LogP contribution is -2.28. The van der Waals surface area contributed by atoms with Gasteiger partial charge in [-0.1, -0.05) is 18.9 Å². The Morgan fingerprint density at radius 2 is 2.00 bits per heavy atom. The predicted octanol–water partition coefficient (Wildman–Crippen LogP) is 3.74. The molecule has 1 heterocycles. The first-order chi connectivity index (χ1) is 7.24. The Balaban J connectivity index is 2.25. The maximum Gasteiger partial charge on any atom is 0.129 e. The second-order valence-corrected chi connectivity index (χ2v) is 4.62. The van der Waals surface area contributed by atoms with Crippen molar-refractivity contribution in [2.75, 3.05) is 0 Å². The van der Waals surface area contributed by atoms with Crippen LogP contribution in [0.1, 0.15) is 38.2 Å². The number of fused-ring (bicyclic) bond motifs is 2. The van der Waals surface area contributed by atoms with Gasteiger partial charge in [-0.3, -0.25) is 4.99 Å². The van der Waals surface area contributed by atoms with Gasteiger partial charge in [0, 0.05) is 16.7 Å². The van der Waals surface area contributed by atoms with E-state index < -0.39 is 0 Å². The van der Waals surface area contributed by atoms with Crippen molar-refractivity contribution in [3.63, 3.8) is 0 Å². The molecule has 2 aliphatic rings. The molecule has 0 unspecified atom stereocenters. The predicted molar refractivity (Wildman–Crippen MR) is 59.3 cm³/mol. The normalized spacial score (nSPS) is 21.9. The van der Waals surface area contributed by atoms with E-state index in [0.717, 1.165) is 29.8 Å². The van der Waals surface area contributed by atoms with Crippen LogP contribution in [0.25, 0.3) is 0 Å². The summed E-state index contributed by atoms with van der Waals surface area (Å²) in [4.78, 5) is 4.52. The lowest BCUT2D eigenvalue weighted by Gasteiger charge is -2.25. The van der Waals surface area contributed by atoms with Crippen LogP contribution in [0.2, 0.25) is 0 Å². The van der Waals surface area contributed by atoms with Gasteiger partial charge in [-0.15, -0.1) is 0 Å². The second kappa shape index (κ2) is 2.91. The van der Waals surface area contributed by atoms with Crippen LogP contribution in [0.4, 0.5) is 10.1 Å². The molecule has 15 heavy (non-hydrogen) atoms. The van der Waals surface area contributed by atoms with Gasteiger partial charge in [-0.25, -0.2) is 4.39 Å². The largest absolute Gasteiger partial charge is 0.257 e. The van der Waals surface area contributed by atoms with E-state index >= 15 is 0 Å². The van der Waals surface area contributed by atoms with E-state index in [1.54, 1.807) is 12.1 Å². The first kappa shape index (κ1) is 9.08. The molecular formula is C13H14FN. The third-order valence-corrected chi connectivity index (χ3v) is 3.91. The molecule has 0 bridgehead atoms. The zero-order chi connectivity index (χ0) is 10.5. The van der Waals surface area contributed by atoms with Crippen LogP contribution in [-0.4, -0.2) is 5.71 Å². The van der Waals surface area contributed by atoms with E-state index in [4.69, 9.17) is 0 Å². The van der Waals surface area contributed by atoms with Crippen molar-refractivity contribution >= 4 is 11.4 Å². The van der Waals surface area contributed by atoms with Gasteiger partial charge in [0.1, 0.15) is 5.82 Å². The van der Waals surface area contributed by atoms with Crippen LogP contribution >= 0.6 is 0 Å². The van der Waals surface area contributed by atoms with Crippen LogP contribution in [0.15, 0.2) is 23.2 Å². The highest BCUT2D eigenvalue weighted by Gasteiger charge is 2.45. The molecule has 0 amide bonds. The smallest absolute Gasteiger partial charge is 0.129 e. The second-order valence-electron chi connectivity index (χ2n) is 4.62. The van der Waals surface area contributed by atoms with Gasteiger partial charge in [0.2, 0.25) is 0 Å². The van der Waals surface area contributed by atoms with Crippen molar-refractivity contribution in [2.45, 2.75) is 38.0 Å². The van der Waals surface area contributed by atoms with Gasteiger partial charge in [0.05, 0.1) is 5.69 Å². The molecule has 0 saturated heterocycles. The first-order valence-corrected chi connectivity index (χ1v) is 5.59. The monoisotopic (exact) mass is 203 g/mol. The van der Waals surface area contributed by atoms with Gasteiger partial charge in [-0.05, 0) is 31.9 Å². The summed E-state index contributed by atoms with van der Waals surface area (Å²) in [6.07, 6.45) is 4.52. The fourth-order valence-corrected chi connectivity index (χ4v) is 3.14. The Morgan fingerprint density at radius 3 is 2.73 bits per heavy atom.